The monoisotopic (exact) mass is 674 g/mol. The van der Waals surface area contributed by atoms with Crippen LogP contribution in [0.1, 0.15) is 5.56 Å². The van der Waals surface area contributed by atoms with E-state index < -0.39 is 28.7 Å². The predicted octanol–water partition coefficient (Wildman–Crippen LogP) is 11.9. The Balaban J connectivity index is 1.28. The first-order valence-electron chi connectivity index (χ1n) is 17.1. The third-order valence-corrected chi connectivity index (χ3v) is 10.8. The second kappa shape index (κ2) is 10.8. The lowest BCUT2D eigenvalue weighted by molar-refractivity contribution is 0.330. The van der Waals surface area contributed by atoms with E-state index in [9.17, 15) is 25.5 Å². The first-order chi connectivity index (χ1) is 25.3. The molecule has 0 aromatic heterocycles. The average Bonchev–Trinajstić information content (AvgIpc) is 3.17. The minimum Gasteiger partial charge on any atom is -0.504 e. The Bertz CT molecular complexity index is 3040. The quantitative estimate of drug-likeness (QED) is 0.0556. The highest BCUT2D eigenvalue weighted by Crippen LogP contribution is 2.58. The lowest BCUT2D eigenvalue weighted by Crippen LogP contribution is -1.93. The van der Waals surface area contributed by atoms with Crippen LogP contribution in [0.4, 0.5) is 0 Å². The Morgan fingerprint density at radius 2 is 0.750 bits per heavy atom. The first kappa shape index (κ1) is 29.9. The van der Waals surface area contributed by atoms with Gasteiger partial charge >= 0.3 is 0 Å². The molecule has 10 rings (SSSR count). The van der Waals surface area contributed by atoms with Gasteiger partial charge in [-0.05, 0) is 99.4 Å². The fourth-order valence-electron chi connectivity index (χ4n) is 8.58. The Hall–Kier alpha value is -6.98. The van der Waals surface area contributed by atoms with Gasteiger partial charge < -0.3 is 25.5 Å². The van der Waals surface area contributed by atoms with Crippen LogP contribution in [0, 0.1) is 6.92 Å². The number of phenols is 5. The van der Waals surface area contributed by atoms with Gasteiger partial charge in [0, 0.05) is 5.56 Å². The van der Waals surface area contributed by atoms with Crippen LogP contribution in [0.3, 0.4) is 0 Å². The van der Waals surface area contributed by atoms with Gasteiger partial charge in [-0.25, -0.2) is 0 Å². The lowest BCUT2D eigenvalue weighted by Gasteiger charge is -2.21. The van der Waals surface area contributed by atoms with Crippen LogP contribution in [-0.2, 0) is 0 Å². The second-order valence-electron chi connectivity index (χ2n) is 13.6. The molecule has 0 amide bonds. The molecular weight excluding hydrogens is 645 g/mol. The highest BCUT2D eigenvalue weighted by atomic mass is 16.4. The zero-order chi connectivity index (χ0) is 35.4. The summed E-state index contributed by atoms with van der Waals surface area (Å²) in [5, 5.41) is 66.2. The molecule has 5 nitrogen and oxygen atoms in total. The van der Waals surface area contributed by atoms with Gasteiger partial charge in [-0.3, -0.25) is 0 Å². The Morgan fingerprint density at radius 1 is 0.308 bits per heavy atom. The molecule has 0 saturated carbocycles. The maximum Gasteiger partial charge on any atom is 0.208 e. The van der Waals surface area contributed by atoms with Crippen LogP contribution in [0.25, 0.3) is 98.0 Å². The molecule has 0 unspecified atom stereocenters. The molecule has 0 aliphatic carbocycles. The molecule has 5 N–H and O–H groups in total. The molecule has 0 fully saturated rings. The predicted molar refractivity (Wildman–Crippen MR) is 212 cm³/mol. The largest absolute Gasteiger partial charge is 0.504 e. The number of fused-ring (bicyclic) bond motifs is 3. The van der Waals surface area contributed by atoms with Crippen molar-refractivity contribution >= 4 is 64.6 Å². The van der Waals surface area contributed by atoms with E-state index in [0.717, 1.165) is 43.8 Å². The van der Waals surface area contributed by atoms with E-state index in [1.165, 1.54) is 37.9 Å². The average molecular weight is 675 g/mol. The van der Waals surface area contributed by atoms with Gasteiger partial charge in [0.2, 0.25) is 17.2 Å². The molecule has 248 valence electrons. The summed E-state index contributed by atoms with van der Waals surface area (Å²) in [6.07, 6.45) is 0. The van der Waals surface area contributed by atoms with Crippen molar-refractivity contribution in [2.75, 3.05) is 0 Å². The summed E-state index contributed by atoms with van der Waals surface area (Å²) in [5.41, 5.74) is 5.76. The van der Waals surface area contributed by atoms with Crippen molar-refractivity contribution in [2.24, 2.45) is 0 Å². The van der Waals surface area contributed by atoms with Crippen molar-refractivity contribution in [3.8, 4) is 62.1 Å². The van der Waals surface area contributed by atoms with E-state index >= 15 is 0 Å². The number of phenolic OH excluding ortho intramolecular Hbond substituents is 5. The van der Waals surface area contributed by atoms with E-state index in [1.807, 2.05) is 48.5 Å². The SMILES string of the molecule is Cc1cc2ccc3ccc(-c4cccc5c(-c6c7ccccc7c(-c7c(O)c(O)c(O)c(O)c7O)c7ccccc67)cccc45)c4ccc(c1)c2c34. The molecule has 5 heteroatoms. The van der Waals surface area contributed by atoms with Crippen molar-refractivity contribution in [1.82, 2.24) is 0 Å². The maximum absolute atomic E-state index is 11.1. The minimum atomic E-state index is -0.990. The van der Waals surface area contributed by atoms with Crippen molar-refractivity contribution in [2.45, 2.75) is 6.92 Å². The normalized spacial score (nSPS) is 11.9. The summed E-state index contributed by atoms with van der Waals surface area (Å²) < 4.78 is 0. The second-order valence-corrected chi connectivity index (χ2v) is 13.6. The van der Waals surface area contributed by atoms with Crippen molar-refractivity contribution in [3.05, 3.63) is 139 Å². The third-order valence-electron chi connectivity index (χ3n) is 10.8. The highest BCUT2D eigenvalue weighted by molar-refractivity contribution is 6.28. The number of aryl methyl sites for hydroxylation is 1. The molecule has 0 heterocycles. The Labute approximate surface area is 297 Å². The Morgan fingerprint density at radius 3 is 1.37 bits per heavy atom. The number of rotatable bonds is 3. The molecule has 0 radical (unpaired) electrons. The molecule has 0 aliphatic rings. The molecule has 10 aromatic carbocycles. The first-order valence-corrected chi connectivity index (χ1v) is 17.1. The summed E-state index contributed by atoms with van der Waals surface area (Å²) in [7, 11) is 0. The van der Waals surface area contributed by atoms with Crippen LogP contribution in [0.15, 0.2) is 133 Å². The topological polar surface area (TPSA) is 101 Å². The van der Waals surface area contributed by atoms with Gasteiger partial charge in [-0.15, -0.1) is 0 Å². The fraction of sp³-hybridized carbons (Fsp3) is 0.0213. The summed E-state index contributed by atoms with van der Waals surface area (Å²) in [6.45, 7) is 2.14. The molecule has 0 atom stereocenters. The number of benzene rings is 10. The van der Waals surface area contributed by atoms with Crippen molar-refractivity contribution in [1.29, 1.82) is 0 Å². The molecule has 0 bridgehead atoms. The van der Waals surface area contributed by atoms with Gasteiger partial charge in [0.1, 0.15) is 0 Å². The van der Waals surface area contributed by atoms with Gasteiger partial charge in [-0.1, -0.05) is 133 Å². The zero-order valence-electron chi connectivity index (χ0n) is 27.9. The van der Waals surface area contributed by atoms with Crippen LogP contribution in [0.2, 0.25) is 0 Å². The zero-order valence-corrected chi connectivity index (χ0v) is 27.9. The standard InChI is InChI=1S/C47H30O5/c1-24-22-26-17-16-25-18-20-31(37-21-19-27(23-24)38(26)39(25)37)29-12-6-14-30-28(29)13-7-15-32(30)40-33-8-2-4-10-35(33)41(36-11-5-3-9-34(36)40)42-43(48)45(50)47(52)46(51)44(42)49/h2-23,48-52H,1H3. The van der Waals surface area contributed by atoms with E-state index in [0.29, 0.717) is 16.3 Å². The number of aromatic hydroxyl groups is 5. The maximum atomic E-state index is 11.1. The van der Waals surface area contributed by atoms with E-state index in [2.05, 4.69) is 91.9 Å². The summed E-state index contributed by atoms with van der Waals surface area (Å²) in [4.78, 5) is 0. The molecular formula is C47H30O5. The molecule has 52 heavy (non-hydrogen) atoms. The summed E-state index contributed by atoms with van der Waals surface area (Å²) >= 11 is 0. The van der Waals surface area contributed by atoms with Crippen molar-refractivity contribution in [3.63, 3.8) is 0 Å². The number of hydrogen-bond donors (Lipinski definition) is 5. The van der Waals surface area contributed by atoms with Crippen LogP contribution < -0.4 is 0 Å². The lowest BCUT2D eigenvalue weighted by atomic mass is 9.83. The van der Waals surface area contributed by atoms with Gasteiger partial charge in [0.25, 0.3) is 0 Å². The molecule has 10 aromatic rings. The van der Waals surface area contributed by atoms with Crippen LogP contribution in [-0.4, -0.2) is 25.5 Å². The van der Waals surface area contributed by atoms with E-state index in [-0.39, 0.29) is 5.56 Å². The van der Waals surface area contributed by atoms with Crippen LogP contribution >= 0.6 is 0 Å². The minimum absolute atomic E-state index is 0.170. The smallest absolute Gasteiger partial charge is 0.208 e. The van der Waals surface area contributed by atoms with E-state index in [1.54, 1.807) is 0 Å². The van der Waals surface area contributed by atoms with Crippen LogP contribution in [0.5, 0.6) is 28.7 Å². The van der Waals surface area contributed by atoms with Gasteiger partial charge in [0.05, 0.1) is 5.56 Å². The Kier molecular flexibility index (Phi) is 6.19. The van der Waals surface area contributed by atoms with Gasteiger partial charge in [0.15, 0.2) is 11.5 Å². The molecule has 0 spiro atoms. The molecule has 0 saturated heterocycles. The van der Waals surface area contributed by atoms with Gasteiger partial charge in [-0.2, -0.15) is 0 Å². The van der Waals surface area contributed by atoms with Crippen molar-refractivity contribution < 1.29 is 25.5 Å². The van der Waals surface area contributed by atoms with E-state index in [4.69, 9.17) is 0 Å². The fourth-order valence-corrected chi connectivity index (χ4v) is 8.58. The highest BCUT2D eigenvalue weighted by Gasteiger charge is 2.28. The molecule has 0 aliphatic heterocycles. The summed E-state index contributed by atoms with van der Waals surface area (Å²) in [5.74, 6) is -4.27. The third kappa shape index (κ3) is 3.99. The number of hydrogen-bond acceptors (Lipinski definition) is 5. The summed E-state index contributed by atoms with van der Waals surface area (Å²) in [6, 6.07) is 46.1.